The van der Waals surface area contributed by atoms with Gasteiger partial charge in [0.15, 0.2) is 0 Å². The van der Waals surface area contributed by atoms with E-state index in [-0.39, 0.29) is 56.9 Å². The molecule has 16 nitrogen and oxygen atoms in total. The Labute approximate surface area is 543 Å². The van der Waals surface area contributed by atoms with Crippen LogP contribution in [0.4, 0.5) is 46.5 Å². The van der Waals surface area contributed by atoms with E-state index in [0.29, 0.717) is 19.7 Å². The van der Waals surface area contributed by atoms with Gasteiger partial charge in [-0.05, 0) is 121 Å². The molecule has 8 atom stereocenters. The monoisotopic (exact) mass is 1400 g/mol. The maximum Gasteiger partial charge on any atom is 0.391 e. The third kappa shape index (κ3) is 16.8. The molecule has 92 heavy (non-hydrogen) atoms. The van der Waals surface area contributed by atoms with Gasteiger partial charge in [-0.15, -0.1) is 0 Å². The number of anilines is 2. The van der Waals surface area contributed by atoms with Crippen LogP contribution in [0.2, 0.25) is 20.1 Å². The highest BCUT2D eigenvalue weighted by atomic mass is 35.5. The van der Waals surface area contributed by atoms with Gasteiger partial charge in [0.2, 0.25) is 20.0 Å². The molecule has 4 aliphatic rings. The summed E-state index contributed by atoms with van der Waals surface area (Å²) < 4.78 is 185. The number of para-hydroxylation sites is 2. The molecule has 6 aromatic carbocycles. The Balaban J connectivity index is 0.000000217. The number of carboxylic acid groups (broad SMARTS) is 2. The first-order valence-electron chi connectivity index (χ1n) is 28.4. The Morgan fingerprint density at radius 1 is 0.500 bits per heavy atom. The van der Waals surface area contributed by atoms with E-state index < -0.39 is 177 Å². The SMILES string of the molecule is O=C(O)C[C@@H]1O[C@H](c2cccc(Cl)c2)[C@@H](c2ccc(Cl)cc2)N(C(CN(c2ccccc2F)S(=O)(=O)C2CC2)CC(F)(F)F)C1=O.O=C(O)C[C@H]1O[C@H](c2cccc(Cl)c2)[C@@H](c2ccc(Cl)cc2)N(C(CN(c2ccccc2F)S(=O)(=O)C2CC2)CC(F)(F)F)C1=O. The number of amides is 2. The third-order valence-electron chi connectivity index (χ3n) is 15.6. The number of hydrogen-bond acceptors (Lipinski definition) is 10. The summed E-state index contributed by atoms with van der Waals surface area (Å²) in [5.41, 5.74) is 0.236. The minimum absolute atomic E-state index is 0.235. The summed E-state index contributed by atoms with van der Waals surface area (Å²) in [6, 6.07) is 27.0. The molecular weight excluding hydrogens is 1350 g/mol. The largest absolute Gasteiger partial charge is 0.481 e. The highest BCUT2D eigenvalue weighted by Gasteiger charge is 2.54. The third-order valence-corrected chi connectivity index (χ3v) is 21.1. The quantitative estimate of drug-likeness (QED) is 0.0609. The van der Waals surface area contributed by atoms with Gasteiger partial charge < -0.3 is 29.5 Å². The molecule has 30 heteroatoms. The maximum atomic E-state index is 15.1. The van der Waals surface area contributed by atoms with Crippen LogP contribution in [0.25, 0.3) is 0 Å². The van der Waals surface area contributed by atoms with Crippen molar-refractivity contribution in [2.45, 2.75) is 123 Å². The fraction of sp³-hybridized carbons (Fsp3) is 0.355. The molecule has 10 rings (SSSR count). The molecule has 4 fully saturated rings. The first-order valence-corrected chi connectivity index (χ1v) is 32.9. The zero-order chi connectivity index (χ0) is 66.8. The van der Waals surface area contributed by atoms with E-state index in [1.807, 2.05) is 0 Å². The topological polar surface area (TPSA) is 208 Å². The molecule has 0 radical (unpaired) electrons. The second kappa shape index (κ2) is 28.4. The number of benzene rings is 6. The Bertz CT molecular complexity index is 3660. The highest BCUT2D eigenvalue weighted by Crippen LogP contribution is 2.49. The Kier molecular flexibility index (Phi) is 21.5. The van der Waals surface area contributed by atoms with E-state index in [0.717, 1.165) is 34.1 Å². The summed E-state index contributed by atoms with van der Waals surface area (Å²) in [5, 5.41) is 18.4. The predicted octanol–water partition coefficient (Wildman–Crippen LogP) is 13.9. The summed E-state index contributed by atoms with van der Waals surface area (Å²) in [7, 11) is -8.75. The van der Waals surface area contributed by atoms with Crippen molar-refractivity contribution in [2.24, 2.45) is 0 Å². The van der Waals surface area contributed by atoms with Crippen molar-refractivity contribution in [3.63, 3.8) is 0 Å². The van der Waals surface area contributed by atoms with Gasteiger partial charge in [-0.25, -0.2) is 25.6 Å². The molecule has 2 saturated heterocycles. The highest BCUT2D eigenvalue weighted by molar-refractivity contribution is 7.94. The Morgan fingerprint density at radius 3 is 1.13 bits per heavy atom. The maximum absolute atomic E-state index is 15.1. The number of alkyl halides is 6. The van der Waals surface area contributed by atoms with Crippen LogP contribution < -0.4 is 8.61 Å². The molecule has 2 unspecified atom stereocenters. The second-order valence-electron chi connectivity index (χ2n) is 22.3. The smallest absolute Gasteiger partial charge is 0.391 e. The summed E-state index contributed by atoms with van der Waals surface area (Å²) in [6.45, 7) is -1.95. The van der Waals surface area contributed by atoms with E-state index in [1.54, 1.807) is 36.4 Å². The molecular formula is C62H56Cl4F8N4O12S2. The predicted molar refractivity (Wildman–Crippen MR) is 325 cm³/mol. The molecule has 0 bridgehead atoms. The molecule has 2 amide bonds. The van der Waals surface area contributed by atoms with Crippen LogP contribution in [-0.2, 0) is 48.7 Å². The van der Waals surface area contributed by atoms with E-state index in [4.69, 9.17) is 55.9 Å². The molecule has 2 saturated carbocycles. The first-order chi connectivity index (χ1) is 43.3. The van der Waals surface area contributed by atoms with Gasteiger partial charge in [-0.1, -0.05) is 119 Å². The van der Waals surface area contributed by atoms with Gasteiger partial charge in [0.05, 0.1) is 84.8 Å². The van der Waals surface area contributed by atoms with Gasteiger partial charge in [0, 0.05) is 20.1 Å². The van der Waals surface area contributed by atoms with E-state index in [1.165, 1.54) is 84.9 Å². The van der Waals surface area contributed by atoms with E-state index in [2.05, 4.69) is 0 Å². The summed E-state index contributed by atoms with van der Waals surface area (Å²) in [5.74, 6) is -7.09. The van der Waals surface area contributed by atoms with Crippen molar-refractivity contribution in [1.29, 1.82) is 0 Å². The van der Waals surface area contributed by atoms with Crippen molar-refractivity contribution < 1.29 is 90.8 Å². The lowest BCUT2D eigenvalue weighted by Gasteiger charge is -2.49. The van der Waals surface area contributed by atoms with Crippen molar-refractivity contribution in [1.82, 2.24) is 9.80 Å². The van der Waals surface area contributed by atoms with Gasteiger partial charge in [0.25, 0.3) is 11.8 Å². The number of nitrogens with zero attached hydrogens (tertiary/aromatic N) is 4. The Morgan fingerprint density at radius 2 is 0.837 bits per heavy atom. The second-order valence-corrected chi connectivity index (χ2v) is 28.3. The lowest BCUT2D eigenvalue weighted by molar-refractivity contribution is -0.193. The number of carboxylic acids is 2. The van der Waals surface area contributed by atoms with E-state index >= 15 is 8.78 Å². The number of rotatable bonds is 22. The number of aliphatic carboxylic acids is 2. The van der Waals surface area contributed by atoms with Crippen LogP contribution in [0.5, 0.6) is 0 Å². The first kappa shape index (κ1) is 69.6. The molecule has 0 spiro atoms. The van der Waals surface area contributed by atoms with Crippen LogP contribution in [0.15, 0.2) is 146 Å². The van der Waals surface area contributed by atoms with Crippen molar-refractivity contribution in [2.75, 3.05) is 21.7 Å². The Hall–Kier alpha value is -6.78. The summed E-state index contributed by atoms with van der Waals surface area (Å²) in [6.07, 6.45) is -20.1. The normalized spacial score (nSPS) is 21.2. The average molecular weight is 1410 g/mol. The number of ether oxygens (including phenoxy) is 2. The van der Waals surface area contributed by atoms with E-state index in [9.17, 15) is 72.6 Å². The zero-order valence-corrected chi connectivity index (χ0v) is 52.5. The number of halogens is 12. The molecule has 2 aliphatic heterocycles. The van der Waals surface area contributed by atoms with Crippen LogP contribution in [0.3, 0.4) is 0 Å². The van der Waals surface area contributed by atoms with Gasteiger partial charge in [-0.2, -0.15) is 26.3 Å². The van der Waals surface area contributed by atoms with Crippen LogP contribution in [0, 0.1) is 11.6 Å². The fourth-order valence-corrected chi connectivity index (χ4v) is 15.7. The summed E-state index contributed by atoms with van der Waals surface area (Å²) in [4.78, 5) is 53.6. The van der Waals surface area contributed by atoms with Crippen molar-refractivity contribution in [3.05, 3.63) is 200 Å². The molecule has 6 aromatic rings. The standard InChI is InChI=1S/2C31H28Cl2F4N2O6S/c2*32-20-10-8-18(9-11-20)28-29(19-4-3-5-21(33)14-19)45-26(15-27(40)41)30(42)39(28)22(16-31(35,36)37)17-38(46(43,44)23-12-13-23)25-7-2-1-6-24(25)34/h2*1-11,14,22-23,26,28-29H,12-13,15-17H2,(H,40,41)/t22?,26-,28+,29+;22?,26-,28-,29-/m01/s1. The lowest BCUT2D eigenvalue weighted by Crippen LogP contribution is -2.59. The van der Waals surface area contributed by atoms with Crippen molar-refractivity contribution >= 4 is 102 Å². The zero-order valence-electron chi connectivity index (χ0n) is 47.8. The average Bonchev–Trinajstić information content (AvgIpc) is 0.838. The summed E-state index contributed by atoms with van der Waals surface area (Å²) >= 11 is 24.7. The lowest BCUT2D eigenvalue weighted by atomic mass is 9.89. The molecule has 2 N–H and O–H groups in total. The molecule has 0 aromatic heterocycles. The number of carbonyl (C=O) groups excluding carboxylic acids is 2. The number of carbonyl (C=O) groups is 4. The minimum Gasteiger partial charge on any atom is -0.481 e. The number of sulfonamides is 2. The van der Waals surface area contributed by atoms with Crippen molar-refractivity contribution in [3.8, 4) is 0 Å². The fourth-order valence-electron chi connectivity index (χ4n) is 11.3. The number of hydrogen-bond donors (Lipinski definition) is 2. The number of morpholine rings is 2. The van der Waals surface area contributed by atoms with Gasteiger partial charge in [0.1, 0.15) is 36.1 Å². The minimum atomic E-state index is -4.94. The van der Waals surface area contributed by atoms with Crippen LogP contribution in [-0.4, -0.2) is 121 Å². The molecule has 2 aliphatic carbocycles. The van der Waals surface area contributed by atoms with Crippen LogP contribution >= 0.6 is 46.4 Å². The van der Waals surface area contributed by atoms with Crippen LogP contribution in [0.1, 0.15) is 97.9 Å². The van der Waals surface area contributed by atoms with Gasteiger partial charge >= 0.3 is 24.3 Å². The molecule has 2 heterocycles. The van der Waals surface area contributed by atoms with Gasteiger partial charge in [-0.3, -0.25) is 27.8 Å². The molecule has 492 valence electrons.